The Morgan fingerprint density at radius 2 is 1.90 bits per heavy atom. The zero-order valence-electron chi connectivity index (χ0n) is 16.9. The predicted molar refractivity (Wildman–Crippen MR) is 110 cm³/mol. The molecule has 3 rings (SSSR count). The Balaban J connectivity index is 2.22. The van der Waals surface area contributed by atoms with Crippen molar-refractivity contribution in [3.8, 4) is 17.1 Å². The predicted octanol–water partition coefficient (Wildman–Crippen LogP) is 2.08. The third-order valence-corrected chi connectivity index (χ3v) is 6.83. The highest BCUT2D eigenvalue weighted by atomic mass is 32.2. The van der Waals surface area contributed by atoms with Gasteiger partial charge in [0, 0.05) is 19.5 Å². The second kappa shape index (κ2) is 7.96. The summed E-state index contributed by atoms with van der Waals surface area (Å²) >= 11 is 0. The topological polar surface area (TPSA) is 121 Å². The van der Waals surface area contributed by atoms with Gasteiger partial charge in [-0.3, -0.25) is 4.79 Å². The van der Waals surface area contributed by atoms with Crippen molar-refractivity contribution in [2.45, 2.75) is 45.4 Å². The maximum atomic E-state index is 12.8. The lowest BCUT2D eigenvalue weighted by Crippen LogP contribution is -2.30. The van der Waals surface area contributed by atoms with Crippen LogP contribution < -0.4 is 5.56 Å². The quantitative estimate of drug-likeness (QED) is 0.605. The number of phenolic OH excluding ortho intramolecular Hbond substituents is 1. The number of phenols is 1. The van der Waals surface area contributed by atoms with E-state index in [1.807, 2.05) is 6.92 Å². The molecule has 0 atom stereocenters. The lowest BCUT2D eigenvalue weighted by atomic mass is 10.2. The summed E-state index contributed by atoms with van der Waals surface area (Å²) < 4.78 is 28.5. The van der Waals surface area contributed by atoms with Crippen LogP contribution in [0.2, 0.25) is 0 Å². The smallest absolute Gasteiger partial charge is 0.277 e. The summed E-state index contributed by atoms with van der Waals surface area (Å²) in [4.78, 5) is 19.7. The first-order chi connectivity index (χ1) is 13.7. The third-order valence-electron chi connectivity index (χ3n) is 4.78. The van der Waals surface area contributed by atoms with Gasteiger partial charge in [0.15, 0.2) is 11.3 Å². The van der Waals surface area contributed by atoms with Gasteiger partial charge in [0.1, 0.15) is 11.6 Å². The monoisotopic (exact) mass is 419 g/mol. The van der Waals surface area contributed by atoms with E-state index in [0.717, 1.165) is 6.42 Å². The number of imidazole rings is 1. The van der Waals surface area contributed by atoms with Crippen molar-refractivity contribution in [3.63, 3.8) is 0 Å². The third kappa shape index (κ3) is 3.65. The van der Waals surface area contributed by atoms with E-state index in [-0.39, 0.29) is 22.0 Å². The average molecular weight is 420 g/mol. The second-order valence-corrected chi connectivity index (χ2v) is 8.63. The highest BCUT2D eigenvalue weighted by Gasteiger charge is 2.24. The van der Waals surface area contributed by atoms with Gasteiger partial charge in [-0.2, -0.15) is 4.31 Å². The van der Waals surface area contributed by atoms with Crippen LogP contribution in [0.15, 0.2) is 27.9 Å². The second-order valence-electron chi connectivity index (χ2n) is 6.69. The minimum atomic E-state index is -3.73. The summed E-state index contributed by atoms with van der Waals surface area (Å²) in [6, 6.07) is 3.96. The van der Waals surface area contributed by atoms with Crippen molar-refractivity contribution in [1.82, 2.24) is 23.9 Å². The first-order valence-corrected chi connectivity index (χ1v) is 11.0. The lowest BCUT2D eigenvalue weighted by Gasteiger charge is -2.19. The normalized spacial score (nSPS) is 12.2. The van der Waals surface area contributed by atoms with E-state index in [1.54, 1.807) is 20.8 Å². The van der Waals surface area contributed by atoms with Crippen molar-refractivity contribution < 1.29 is 13.5 Å². The molecule has 1 aromatic carbocycles. The Morgan fingerprint density at radius 1 is 1.21 bits per heavy atom. The summed E-state index contributed by atoms with van der Waals surface area (Å²) in [6.45, 7) is 7.89. The highest BCUT2D eigenvalue weighted by molar-refractivity contribution is 7.89. The molecule has 29 heavy (non-hydrogen) atoms. The molecule has 10 heteroatoms. The van der Waals surface area contributed by atoms with Crippen LogP contribution in [0.4, 0.5) is 0 Å². The Hall–Kier alpha value is -2.72. The van der Waals surface area contributed by atoms with Crippen LogP contribution in [0, 0.1) is 6.92 Å². The molecule has 0 unspecified atom stereocenters. The van der Waals surface area contributed by atoms with Gasteiger partial charge in [0.05, 0.1) is 16.2 Å². The fourth-order valence-electron chi connectivity index (χ4n) is 3.32. The molecular formula is C19H25N5O4S. The van der Waals surface area contributed by atoms with Gasteiger partial charge in [-0.25, -0.2) is 17.9 Å². The molecule has 0 fully saturated rings. The van der Waals surface area contributed by atoms with E-state index in [9.17, 15) is 18.3 Å². The molecule has 156 valence electrons. The minimum absolute atomic E-state index is 0.0207. The number of rotatable bonds is 7. The van der Waals surface area contributed by atoms with Crippen LogP contribution in [0.1, 0.15) is 38.7 Å². The Bertz CT molecular complexity index is 1210. The average Bonchev–Trinajstić information content (AvgIpc) is 2.99. The molecule has 0 saturated heterocycles. The van der Waals surface area contributed by atoms with Crippen LogP contribution in [0.25, 0.3) is 16.9 Å². The molecule has 0 aliphatic heterocycles. The van der Waals surface area contributed by atoms with Crippen molar-refractivity contribution >= 4 is 15.5 Å². The summed E-state index contributed by atoms with van der Waals surface area (Å²) in [5.74, 6) is 0.532. The molecule has 0 aliphatic rings. The first-order valence-electron chi connectivity index (χ1n) is 9.56. The van der Waals surface area contributed by atoms with Crippen LogP contribution in [0.5, 0.6) is 5.75 Å². The number of benzene rings is 1. The Labute approximate surface area is 169 Å². The van der Waals surface area contributed by atoms with Crippen LogP contribution in [-0.2, 0) is 16.4 Å². The summed E-state index contributed by atoms with van der Waals surface area (Å²) in [5.41, 5.74) is 0.629. The highest BCUT2D eigenvalue weighted by Crippen LogP contribution is 2.30. The molecule has 0 amide bonds. The van der Waals surface area contributed by atoms with Crippen LogP contribution in [-0.4, -0.2) is 50.5 Å². The molecule has 0 aliphatic carbocycles. The number of aromatic amines is 1. The van der Waals surface area contributed by atoms with Crippen molar-refractivity contribution in [3.05, 3.63) is 40.1 Å². The summed E-state index contributed by atoms with van der Waals surface area (Å²) in [7, 11) is -3.73. The molecule has 0 saturated carbocycles. The molecule has 9 nitrogen and oxygen atoms in total. The number of fused-ring (bicyclic) bond motifs is 1. The van der Waals surface area contributed by atoms with Crippen molar-refractivity contribution in [2.24, 2.45) is 0 Å². The number of aromatic nitrogens is 4. The van der Waals surface area contributed by atoms with E-state index >= 15 is 0 Å². The lowest BCUT2D eigenvalue weighted by molar-refractivity contribution is 0.445. The van der Waals surface area contributed by atoms with E-state index < -0.39 is 15.6 Å². The van der Waals surface area contributed by atoms with Gasteiger partial charge >= 0.3 is 0 Å². The first kappa shape index (κ1) is 21.0. The number of sulfonamides is 1. The zero-order chi connectivity index (χ0) is 21.3. The summed E-state index contributed by atoms with van der Waals surface area (Å²) in [5, 5.41) is 14.8. The Morgan fingerprint density at radius 3 is 2.52 bits per heavy atom. The SMILES string of the molecule is CCCc1nc(C)c2c(=O)[nH]c(-c3cc(S(=O)(=O)N(CC)CC)ccc3O)nn12. The number of nitrogens with zero attached hydrogens (tertiary/aromatic N) is 4. The fourth-order valence-corrected chi connectivity index (χ4v) is 4.81. The molecule has 2 aromatic heterocycles. The standard InChI is InChI=1S/C19H25N5O4S/c1-5-8-16-20-12(4)17-19(26)21-18(22-24(16)17)14-11-13(9-10-15(14)25)29(27,28)23(6-2)7-3/h9-11,25H,5-8H2,1-4H3,(H,21,22,26). The molecule has 3 aromatic rings. The largest absolute Gasteiger partial charge is 0.507 e. The van der Waals surface area contributed by atoms with Gasteiger partial charge in [-0.05, 0) is 31.5 Å². The maximum Gasteiger partial charge on any atom is 0.277 e. The number of hydrogen-bond acceptors (Lipinski definition) is 6. The van der Waals surface area contributed by atoms with E-state index in [0.29, 0.717) is 36.5 Å². The molecule has 2 N–H and O–H groups in total. The van der Waals surface area contributed by atoms with Gasteiger partial charge in [0.2, 0.25) is 10.0 Å². The molecule has 0 spiro atoms. The Kier molecular flexibility index (Phi) is 5.76. The van der Waals surface area contributed by atoms with Gasteiger partial charge < -0.3 is 10.1 Å². The van der Waals surface area contributed by atoms with Crippen LogP contribution >= 0.6 is 0 Å². The molecule has 2 heterocycles. The number of H-pyrrole nitrogens is 1. The number of nitrogens with one attached hydrogen (secondary N) is 1. The molecular weight excluding hydrogens is 394 g/mol. The van der Waals surface area contributed by atoms with Gasteiger partial charge in [-0.15, -0.1) is 5.10 Å². The minimum Gasteiger partial charge on any atom is -0.507 e. The fraction of sp³-hybridized carbons (Fsp3) is 0.421. The van der Waals surface area contributed by atoms with Gasteiger partial charge in [0.25, 0.3) is 5.56 Å². The van der Waals surface area contributed by atoms with Crippen molar-refractivity contribution in [2.75, 3.05) is 13.1 Å². The molecule has 0 bridgehead atoms. The summed E-state index contributed by atoms with van der Waals surface area (Å²) in [6.07, 6.45) is 1.46. The number of aryl methyl sites for hydroxylation is 2. The van der Waals surface area contributed by atoms with Gasteiger partial charge in [-0.1, -0.05) is 20.8 Å². The van der Waals surface area contributed by atoms with E-state index in [1.165, 1.54) is 27.0 Å². The van der Waals surface area contributed by atoms with E-state index in [2.05, 4.69) is 15.1 Å². The van der Waals surface area contributed by atoms with Crippen LogP contribution in [0.3, 0.4) is 0 Å². The van der Waals surface area contributed by atoms with E-state index in [4.69, 9.17) is 0 Å². The molecule has 0 radical (unpaired) electrons. The zero-order valence-corrected chi connectivity index (χ0v) is 17.7. The maximum absolute atomic E-state index is 12.8. The number of aromatic hydroxyl groups is 1. The van der Waals surface area contributed by atoms with Crippen molar-refractivity contribution in [1.29, 1.82) is 0 Å². The number of hydrogen-bond donors (Lipinski definition) is 2.